The molecule has 1 N–H and O–H groups in total. The summed E-state index contributed by atoms with van der Waals surface area (Å²) in [5.41, 5.74) is 2.02. The van der Waals surface area contributed by atoms with Gasteiger partial charge in [0.1, 0.15) is 0 Å². The molecule has 2 aromatic rings. The maximum Gasteiger partial charge on any atom is 0.0118 e. The smallest absolute Gasteiger partial charge is 0.0118 e. The van der Waals surface area contributed by atoms with E-state index in [0.29, 0.717) is 5.41 Å². The largest absolute Gasteiger partial charge is 0.316 e. The average molecular weight is 223 g/mol. The lowest BCUT2D eigenvalue weighted by molar-refractivity contribution is 0.182. The van der Waals surface area contributed by atoms with Crippen LogP contribution in [0.25, 0.3) is 10.8 Å². The van der Waals surface area contributed by atoms with Gasteiger partial charge < -0.3 is 5.32 Å². The van der Waals surface area contributed by atoms with Crippen LogP contribution in [-0.4, -0.2) is 13.1 Å². The molecule has 2 fully saturated rings. The quantitative estimate of drug-likeness (QED) is 0.783. The van der Waals surface area contributed by atoms with Crippen LogP contribution in [0.5, 0.6) is 0 Å². The molecular formula is C16H17N. The molecular weight excluding hydrogens is 206 g/mol. The molecule has 2 aliphatic rings. The van der Waals surface area contributed by atoms with E-state index in [1.165, 1.54) is 36.7 Å². The van der Waals surface area contributed by atoms with Gasteiger partial charge in [0.25, 0.3) is 0 Å². The number of nitrogens with one attached hydrogen (secondary N) is 1. The fraction of sp³-hybridized carbons (Fsp3) is 0.375. The molecule has 2 aromatic carbocycles. The van der Waals surface area contributed by atoms with Crippen LogP contribution in [0.2, 0.25) is 0 Å². The average Bonchev–Trinajstić information content (AvgIpc) is 2.65. The van der Waals surface area contributed by atoms with E-state index in [4.69, 9.17) is 0 Å². The first-order valence-corrected chi connectivity index (χ1v) is 6.58. The van der Waals surface area contributed by atoms with Crippen molar-refractivity contribution in [3.63, 3.8) is 0 Å². The van der Waals surface area contributed by atoms with Gasteiger partial charge in [0, 0.05) is 12.0 Å². The summed E-state index contributed by atoms with van der Waals surface area (Å²) < 4.78 is 0. The molecule has 1 aliphatic heterocycles. The molecule has 1 saturated carbocycles. The van der Waals surface area contributed by atoms with Crippen molar-refractivity contribution in [1.82, 2.24) is 5.32 Å². The van der Waals surface area contributed by atoms with Gasteiger partial charge in [0.15, 0.2) is 0 Å². The molecule has 1 heteroatoms. The summed E-state index contributed by atoms with van der Waals surface area (Å²) >= 11 is 0. The molecule has 0 radical (unpaired) electrons. The highest BCUT2D eigenvalue weighted by Crippen LogP contribution is 2.51. The molecule has 17 heavy (non-hydrogen) atoms. The van der Waals surface area contributed by atoms with Crippen molar-refractivity contribution < 1.29 is 0 Å². The third kappa shape index (κ3) is 1.23. The van der Waals surface area contributed by atoms with E-state index in [-0.39, 0.29) is 0 Å². The normalized spacial score (nSPS) is 31.2. The fourth-order valence-electron chi connectivity index (χ4n) is 3.68. The van der Waals surface area contributed by atoms with Crippen LogP contribution in [0, 0.1) is 5.92 Å². The van der Waals surface area contributed by atoms with Crippen molar-refractivity contribution in [1.29, 1.82) is 0 Å². The van der Waals surface area contributed by atoms with Gasteiger partial charge in [-0.05, 0) is 41.6 Å². The molecule has 2 unspecified atom stereocenters. The maximum absolute atomic E-state index is 3.57. The first kappa shape index (κ1) is 9.67. The summed E-state index contributed by atoms with van der Waals surface area (Å²) in [6, 6.07) is 15.7. The molecule has 1 aliphatic carbocycles. The zero-order chi connectivity index (χ0) is 11.3. The zero-order valence-corrected chi connectivity index (χ0v) is 9.95. The molecule has 4 rings (SSSR count). The van der Waals surface area contributed by atoms with Crippen molar-refractivity contribution in [2.45, 2.75) is 18.3 Å². The Balaban J connectivity index is 1.86. The Labute approximate surface area is 102 Å². The molecule has 2 atom stereocenters. The number of hydrogen-bond donors (Lipinski definition) is 1. The molecule has 1 nitrogen and oxygen atoms in total. The summed E-state index contributed by atoms with van der Waals surface area (Å²) in [6.07, 6.45) is 2.77. The zero-order valence-electron chi connectivity index (χ0n) is 9.95. The highest BCUT2D eigenvalue weighted by atomic mass is 15.0. The number of benzene rings is 2. The fourth-order valence-corrected chi connectivity index (χ4v) is 3.68. The van der Waals surface area contributed by atoms with Gasteiger partial charge in [-0.25, -0.2) is 0 Å². The van der Waals surface area contributed by atoms with Crippen molar-refractivity contribution in [3.8, 4) is 0 Å². The minimum atomic E-state index is 0.462. The SMILES string of the molecule is c1ccc2cc(C34CCC3CNC4)ccc2c1. The second-order valence-corrected chi connectivity index (χ2v) is 5.58. The van der Waals surface area contributed by atoms with Crippen molar-refractivity contribution >= 4 is 10.8 Å². The van der Waals surface area contributed by atoms with Crippen LogP contribution in [0.15, 0.2) is 42.5 Å². The van der Waals surface area contributed by atoms with Gasteiger partial charge in [-0.3, -0.25) is 0 Å². The van der Waals surface area contributed by atoms with Crippen LogP contribution in [0.4, 0.5) is 0 Å². The second kappa shape index (κ2) is 3.33. The Morgan fingerprint density at radius 2 is 1.94 bits per heavy atom. The molecule has 0 amide bonds. The minimum Gasteiger partial charge on any atom is -0.316 e. The van der Waals surface area contributed by atoms with Crippen LogP contribution in [0.1, 0.15) is 18.4 Å². The topological polar surface area (TPSA) is 12.0 Å². The molecule has 0 spiro atoms. The maximum atomic E-state index is 3.57. The summed E-state index contributed by atoms with van der Waals surface area (Å²) in [5, 5.41) is 6.31. The predicted molar refractivity (Wildman–Crippen MR) is 71.2 cm³/mol. The van der Waals surface area contributed by atoms with Gasteiger partial charge in [-0.2, -0.15) is 0 Å². The molecule has 1 saturated heterocycles. The van der Waals surface area contributed by atoms with Gasteiger partial charge >= 0.3 is 0 Å². The third-order valence-corrected chi connectivity index (χ3v) is 4.88. The van der Waals surface area contributed by atoms with Gasteiger partial charge in [0.05, 0.1) is 0 Å². The number of rotatable bonds is 1. The van der Waals surface area contributed by atoms with Crippen molar-refractivity contribution in [2.24, 2.45) is 5.92 Å². The van der Waals surface area contributed by atoms with E-state index in [9.17, 15) is 0 Å². The Morgan fingerprint density at radius 1 is 1.06 bits per heavy atom. The molecule has 0 bridgehead atoms. The first-order valence-electron chi connectivity index (χ1n) is 6.58. The van der Waals surface area contributed by atoms with E-state index in [2.05, 4.69) is 47.8 Å². The van der Waals surface area contributed by atoms with E-state index < -0.39 is 0 Å². The lowest BCUT2D eigenvalue weighted by Crippen LogP contribution is -2.43. The second-order valence-electron chi connectivity index (χ2n) is 5.58. The van der Waals surface area contributed by atoms with Crippen LogP contribution >= 0.6 is 0 Å². The lowest BCUT2D eigenvalue weighted by Gasteiger charge is -2.45. The minimum absolute atomic E-state index is 0.462. The van der Waals surface area contributed by atoms with Crippen molar-refractivity contribution in [2.75, 3.05) is 13.1 Å². The Kier molecular flexibility index (Phi) is 1.89. The highest BCUT2D eigenvalue weighted by Gasteiger charge is 2.50. The van der Waals surface area contributed by atoms with Gasteiger partial charge in [0.2, 0.25) is 0 Å². The van der Waals surface area contributed by atoms with E-state index in [0.717, 1.165) is 5.92 Å². The van der Waals surface area contributed by atoms with Crippen LogP contribution < -0.4 is 5.32 Å². The van der Waals surface area contributed by atoms with Gasteiger partial charge in [-0.15, -0.1) is 0 Å². The molecule has 0 aromatic heterocycles. The van der Waals surface area contributed by atoms with Crippen molar-refractivity contribution in [3.05, 3.63) is 48.0 Å². The van der Waals surface area contributed by atoms with Crippen LogP contribution in [0.3, 0.4) is 0 Å². The number of fused-ring (bicyclic) bond motifs is 2. The van der Waals surface area contributed by atoms with Gasteiger partial charge in [-0.1, -0.05) is 42.5 Å². The van der Waals surface area contributed by atoms with E-state index >= 15 is 0 Å². The first-order chi connectivity index (χ1) is 8.38. The summed E-state index contributed by atoms with van der Waals surface area (Å²) in [4.78, 5) is 0. The monoisotopic (exact) mass is 223 g/mol. The number of hydrogen-bond acceptors (Lipinski definition) is 1. The van der Waals surface area contributed by atoms with Crippen LogP contribution in [-0.2, 0) is 5.41 Å². The summed E-state index contributed by atoms with van der Waals surface area (Å²) in [5.74, 6) is 0.878. The molecule has 1 heterocycles. The van der Waals surface area contributed by atoms with E-state index in [1.807, 2.05) is 0 Å². The molecule has 86 valence electrons. The summed E-state index contributed by atoms with van der Waals surface area (Å²) in [6.45, 7) is 2.39. The Bertz CT molecular complexity index is 575. The lowest BCUT2D eigenvalue weighted by atomic mass is 9.58. The predicted octanol–water partition coefficient (Wildman–Crippen LogP) is 3.09. The Hall–Kier alpha value is -1.34. The van der Waals surface area contributed by atoms with E-state index in [1.54, 1.807) is 5.56 Å². The summed E-state index contributed by atoms with van der Waals surface area (Å²) in [7, 11) is 0. The highest BCUT2D eigenvalue weighted by molar-refractivity contribution is 5.83. The Morgan fingerprint density at radius 3 is 2.71 bits per heavy atom. The standard InChI is InChI=1S/C16H17N/c1-2-4-13-9-14(6-5-12(13)3-1)16-8-7-15(16)10-17-11-16/h1-6,9,15,17H,7-8,10-11H2. The third-order valence-electron chi connectivity index (χ3n) is 4.88.